The van der Waals surface area contributed by atoms with Gasteiger partial charge in [0.2, 0.25) is 5.91 Å². The Morgan fingerprint density at radius 3 is 2.75 bits per heavy atom. The van der Waals surface area contributed by atoms with Crippen molar-refractivity contribution in [3.8, 4) is 0 Å². The molecule has 0 aliphatic rings. The minimum Gasteiger partial charge on any atom is -0.354 e. The van der Waals surface area contributed by atoms with Crippen LogP contribution in [0.15, 0.2) is 52.0 Å². The van der Waals surface area contributed by atoms with Crippen LogP contribution < -0.4 is 11.0 Å². The van der Waals surface area contributed by atoms with Gasteiger partial charge in [-0.2, -0.15) is 0 Å². The minimum absolute atomic E-state index is 0.0655. The maximum Gasteiger partial charge on any atom is 0.347 e. The van der Waals surface area contributed by atoms with Crippen molar-refractivity contribution in [3.63, 3.8) is 0 Å². The van der Waals surface area contributed by atoms with E-state index in [4.69, 9.17) is 0 Å². The van der Waals surface area contributed by atoms with Gasteiger partial charge in [0.05, 0.1) is 6.42 Å². The molecule has 0 unspecified atom stereocenters. The fourth-order valence-corrected chi connectivity index (χ4v) is 1.99. The summed E-state index contributed by atoms with van der Waals surface area (Å²) in [5, 5.41) is 2.78. The van der Waals surface area contributed by atoms with Gasteiger partial charge in [0.25, 0.3) is 0 Å². The molecule has 0 aliphatic heterocycles. The summed E-state index contributed by atoms with van der Waals surface area (Å²) in [6.07, 6.45) is 3.43. The molecule has 2 aromatic rings. The van der Waals surface area contributed by atoms with E-state index in [9.17, 15) is 9.59 Å². The summed E-state index contributed by atoms with van der Waals surface area (Å²) in [4.78, 5) is 26.7. The number of aromatic nitrogens is 2. The van der Waals surface area contributed by atoms with Gasteiger partial charge >= 0.3 is 5.69 Å². The van der Waals surface area contributed by atoms with Gasteiger partial charge in [-0.05, 0) is 23.8 Å². The average molecular weight is 336 g/mol. The molecule has 104 valence electrons. The van der Waals surface area contributed by atoms with E-state index in [1.807, 2.05) is 24.3 Å². The maximum atomic E-state index is 11.7. The molecule has 0 bridgehead atoms. The molecule has 0 radical (unpaired) electrons. The van der Waals surface area contributed by atoms with Crippen LogP contribution in [0, 0.1) is 0 Å². The van der Waals surface area contributed by atoms with Crippen molar-refractivity contribution in [2.24, 2.45) is 0 Å². The highest BCUT2D eigenvalue weighted by Crippen LogP contribution is 2.10. The van der Waals surface area contributed by atoms with E-state index in [2.05, 4.69) is 26.2 Å². The van der Waals surface area contributed by atoms with E-state index in [0.717, 1.165) is 10.0 Å². The van der Waals surface area contributed by atoms with Gasteiger partial charge in [-0.1, -0.05) is 28.1 Å². The number of carbonyl (C=O) groups excluding carboxylic acids is 1. The lowest BCUT2D eigenvalue weighted by molar-refractivity contribution is -0.120. The van der Waals surface area contributed by atoms with Crippen LogP contribution in [0.4, 0.5) is 0 Å². The number of rotatable bonds is 5. The van der Waals surface area contributed by atoms with Gasteiger partial charge in [-0.15, -0.1) is 0 Å². The molecule has 20 heavy (non-hydrogen) atoms. The third kappa shape index (κ3) is 4.31. The van der Waals surface area contributed by atoms with E-state index < -0.39 is 0 Å². The number of nitrogens with one attached hydrogen (secondary N) is 1. The highest BCUT2D eigenvalue weighted by Gasteiger charge is 2.03. The number of amides is 1. The lowest BCUT2D eigenvalue weighted by Crippen LogP contribution is -2.32. The first kappa shape index (κ1) is 14.5. The molecule has 1 amide bonds. The molecular weight excluding hydrogens is 322 g/mol. The number of nitrogens with zero attached hydrogens (tertiary/aromatic N) is 2. The van der Waals surface area contributed by atoms with Crippen molar-refractivity contribution >= 4 is 21.8 Å². The monoisotopic (exact) mass is 335 g/mol. The first-order valence-corrected chi connectivity index (χ1v) is 6.97. The average Bonchev–Trinajstić information content (AvgIpc) is 2.43. The number of halogens is 1. The summed E-state index contributed by atoms with van der Waals surface area (Å²) in [5.74, 6) is -0.0655. The summed E-state index contributed by atoms with van der Waals surface area (Å²) in [6.45, 7) is 0.819. The van der Waals surface area contributed by atoms with E-state index >= 15 is 0 Å². The van der Waals surface area contributed by atoms with Gasteiger partial charge < -0.3 is 5.32 Å². The van der Waals surface area contributed by atoms with Gasteiger partial charge in [0.15, 0.2) is 0 Å². The Kier molecular flexibility index (Phi) is 5.06. The molecule has 5 nitrogen and oxygen atoms in total. The lowest BCUT2D eigenvalue weighted by Gasteiger charge is -2.07. The quantitative estimate of drug-likeness (QED) is 0.897. The van der Waals surface area contributed by atoms with Crippen molar-refractivity contribution in [1.82, 2.24) is 14.9 Å². The molecular formula is C14H14BrN3O2. The Morgan fingerprint density at radius 1 is 1.30 bits per heavy atom. The smallest absolute Gasteiger partial charge is 0.347 e. The molecule has 6 heteroatoms. The second kappa shape index (κ2) is 7.00. The van der Waals surface area contributed by atoms with E-state index in [1.165, 1.54) is 10.8 Å². The highest BCUT2D eigenvalue weighted by molar-refractivity contribution is 9.10. The number of benzene rings is 1. The first-order chi connectivity index (χ1) is 9.65. The van der Waals surface area contributed by atoms with Crippen molar-refractivity contribution in [2.45, 2.75) is 13.0 Å². The van der Waals surface area contributed by atoms with Crippen LogP contribution in [0.1, 0.15) is 5.56 Å². The van der Waals surface area contributed by atoms with Crippen molar-refractivity contribution in [3.05, 3.63) is 63.2 Å². The van der Waals surface area contributed by atoms with E-state index in [0.29, 0.717) is 19.5 Å². The highest BCUT2D eigenvalue weighted by atomic mass is 79.9. The van der Waals surface area contributed by atoms with Crippen LogP contribution >= 0.6 is 15.9 Å². The minimum atomic E-state index is -0.311. The third-order valence-corrected chi connectivity index (χ3v) is 3.26. The summed E-state index contributed by atoms with van der Waals surface area (Å²) in [5.41, 5.74) is 0.638. The normalized spacial score (nSPS) is 10.2. The number of hydrogen-bond donors (Lipinski definition) is 1. The fourth-order valence-electron chi connectivity index (χ4n) is 1.72. The summed E-state index contributed by atoms with van der Waals surface area (Å²) >= 11 is 3.35. The Morgan fingerprint density at radius 2 is 2.05 bits per heavy atom. The Labute approximate surface area is 124 Å². The summed E-state index contributed by atoms with van der Waals surface area (Å²) < 4.78 is 2.44. The van der Waals surface area contributed by atoms with Crippen molar-refractivity contribution < 1.29 is 4.79 Å². The van der Waals surface area contributed by atoms with Crippen molar-refractivity contribution in [2.75, 3.05) is 6.54 Å². The molecule has 0 fully saturated rings. The molecule has 1 aromatic carbocycles. The SMILES string of the molecule is O=C(Cc1ccc(Br)cc1)NCCn1cccnc1=O. The fraction of sp³-hybridized carbons (Fsp3) is 0.214. The summed E-state index contributed by atoms with van der Waals surface area (Å²) in [6, 6.07) is 9.28. The number of carbonyl (C=O) groups is 1. The second-order valence-corrected chi connectivity index (χ2v) is 5.16. The summed E-state index contributed by atoms with van der Waals surface area (Å²) in [7, 11) is 0. The zero-order valence-electron chi connectivity index (χ0n) is 10.8. The molecule has 1 N–H and O–H groups in total. The van der Waals surface area contributed by atoms with Crippen LogP contribution in [0.5, 0.6) is 0 Å². The van der Waals surface area contributed by atoms with E-state index in [1.54, 1.807) is 12.3 Å². The van der Waals surface area contributed by atoms with Gasteiger partial charge in [-0.25, -0.2) is 9.78 Å². The molecule has 0 spiro atoms. The zero-order chi connectivity index (χ0) is 14.4. The predicted octanol–water partition coefficient (Wildman–Crippen LogP) is 1.36. The predicted molar refractivity (Wildman–Crippen MR) is 79.4 cm³/mol. The molecule has 0 saturated heterocycles. The molecule has 1 aromatic heterocycles. The number of hydrogen-bond acceptors (Lipinski definition) is 3. The van der Waals surface area contributed by atoms with Gasteiger partial charge in [-0.3, -0.25) is 9.36 Å². The Balaban J connectivity index is 1.80. The van der Waals surface area contributed by atoms with Crippen LogP contribution in [0.25, 0.3) is 0 Å². The topological polar surface area (TPSA) is 64.0 Å². The van der Waals surface area contributed by atoms with Crippen molar-refractivity contribution in [1.29, 1.82) is 0 Å². The zero-order valence-corrected chi connectivity index (χ0v) is 12.3. The second-order valence-electron chi connectivity index (χ2n) is 4.25. The standard InChI is InChI=1S/C14H14BrN3O2/c15-12-4-2-11(3-5-12)10-13(19)16-7-9-18-8-1-6-17-14(18)20/h1-6,8H,7,9-10H2,(H,16,19). The molecule has 0 aliphatic carbocycles. The molecule has 0 atom stereocenters. The Bertz CT molecular complexity index is 637. The van der Waals surface area contributed by atoms with Gasteiger partial charge in [0, 0.05) is 30.0 Å². The van der Waals surface area contributed by atoms with Gasteiger partial charge in [0.1, 0.15) is 0 Å². The van der Waals surface area contributed by atoms with Crippen LogP contribution in [-0.2, 0) is 17.8 Å². The van der Waals surface area contributed by atoms with Crippen LogP contribution in [0.3, 0.4) is 0 Å². The third-order valence-electron chi connectivity index (χ3n) is 2.74. The molecule has 2 rings (SSSR count). The Hall–Kier alpha value is -1.95. The first-order valence-electron chi connectivity index (χ1n) is 6.18. The van der Waals surface area contributed by atoms with Crippen LogP contribution in [0.2, 0.25) is 0 Å². The van der Waals surface area contributed by atoms with E-state index in [-0.39, 0.29) is 11.6 Å². The molecule has 1 heterocycles. The van der Waals surface area contributed by atoms with Crippen LogP contribution in [-0.4, -0.2) is 22.0 Å². The largest absolute Gasteiger partial charge is 0.354 e. The lowest BCUT2D eigenvalue weighted by atomic mass is 10.1. The maximum absolute atomic E-state index is 11.7. The molecule has 0 saturated carbocycles.